The summed E-state index contributed by atoms with van der Waals surface area (Å²) < 4.78 is 5.21. The van der Waals surface area contributed by atoms with Gasteiger partial charge < -0.3 is 9.84 Å². The average molecular weight is 168 g/mol. The SMILES string of the molecule is C#CCC1(O)CCCCC1OC. The third-order valence-electron chi connectivity index (χ3n) is 2.62. The number of terminal acetylenes is 1. The van der Waals surface area contributed by atoms with Gasteiger partial charge in [-0.05, 0) is 12.8 Å². The minimum Gasteiger partial charge on any atom is -0.386 e. The quantitative estimate of drug-likeness (QED) is 0.630. The van der Waals surface area contributed by atoms with Crippen LogP contribution < -0.4 is 0 Å². The first-order valence-corrected chi connectivity index (χ1v) is 4.41. The van der Waals surface area contributed by atoms with Crippen LogP contribution in [0.15, 0.2) is 0 Å². The standard InChI is InChI=1S/C10H16O2/c1-3-7-10(11)8-5-4-6-9(10)12-2/h1,9,11H,4-8H2,2H3. The Labute approximate surface area is 73.9 Å². The van der Waals surface area contributed by atoms with Crippen molar-refractivity contribution in [3.8, 4) is 12.3 Å². The van der Waals surface area contributed by atoms with Crippen LogP contribution in [0.2, 0.25) is 0 Å². The molecule has 0 heterocycles. The molecule has 1 N–H and O–H groups in total. The number of hydrogen-bond donors (Lipinski definition) is 1. The van der Waals surface area contributed by atoms with Gasteiger partial charge in [-0.15, -0.1) is 12.3 Å². The molecule has 2 heteroatoms. The zero-order valence-electron chi connectivity index (χ0n) is 7.55. The second kappa shape index (κ2) is 3.93. The lowest BCUT2D eigenvalue weighted by molar-refractivity contribution is -0.113. The average Bonchev–Trinajstić information content (AvgIpc) is 2.05. The molecule has 1 aliphatic rings. The highest BCUT2D eigenvalue weighted by atomic mass is 16.5. The lowest BCUT2D eigenvalue weighted by Gasteiger charge is -2.37. The fourth-order valence-corrected chi connectivity index (χ4v) is 1.91. The monoisotopic (exact) mass is 168 g/mol. The highest BCUT2D eigenvalue weighted by Crippen LogP contribution is 2.32. The third-order valence-corrected chi connectivity index (χ3v) is 2.62. The summed E-state index contributed by atoms with van der Waals surface area (Å²) >= 11 is 0. The Morgan fingerprint density at radius 2 is 2.42 bits per heavy atom. The molecular formula is C10H16O2. The molecule has 0 radical (unpaired) electrons. The summed E-state index contributed by atoms with van der Waals surface area (Å²) in [5.74, 6) is 2.51. The van der Waals surface area contributed by atoms with E-state index in [2.05, 4.69) is 5.92 Å². The topological polar surface area (TPSA) is 29.5 Å². The second-order valence-electron chi connectivity index (χ2n) is 3.45. The summed E-state index contributed by atoms with van der Waals surface area (Å²) in [6.07, 6.45) is 9.42. The number of ether oxygens (including phenoxy) is 1. The van der Waals surface area contributed by atoms with Gasteiger partial charge in [0.1, 0.15) is 5.60 Å². The molecule has 68 valence electrons. The molecule has 1 aliphatic carbocycles. The number of hydrogen-bond acceptors (Lipinski definition) is 2. The molecule has 1 saturated carbocycles. The summed E-state index contributed by atoms with van der Waals surface area (Å²) in [6, 6.07) is 0. The van der Waals surface area contributed by atoms with Crippen LogP contribution in [-0.4, -0.2) is 23.9 Å². The van der Waals surface area contributed by atoms with E-state index in [9.17, 15) is 5.11 Å². The number of aliphatic hydroxyl groups is 1. The molecule has 0 aliphatic heterocycles. The zero-order valence-corrected chi connectivity index (χ0v) is 7.55. The molecule has 0 aromatic heterocycles. The van der Waals surface area contributed by atoms with Crippen molar-refractivity contribution in [1.82, 2.24) is 0 Å². The van der Waals surface area contributed by atoms with E-state index < -0.39 is 5.60 Å². The van der Waals surface area contributed by atoms with E-state index in [0.717, 1.165) is 25.7 Å². The van der Waals surface area contributed by atoms with E-state index in [1.807, 2.05) is 0 Å². The smallest absolute Gasteiger partial charge is 0.102 e. The fraction of sp³-hybridized carbons (Fsp3) is 0.800. The summed E-state index contributed by atoms with van der Waals surface area (Å²) in [5.41, 5.74) is -0.762. The molecule has 0 aromatic carbocycles. The van der Waals surface area contributed by atoms with Crippen LogP contribution >= 0.6 is 0 Å². The van der Waals surface area contributed by atoms with Crippen molar-refractivity contribution >= 4 is 0 Å². The van der Waals surface area contributed by atoms with Gasteiger partial charge in [-0.2, -0.15) is 0 Å². The predicted octanol–water partition coefficient (Wildman–Crippen LogP) is 1.33. The van der Waals surface area contributed by atoms with Crippen LogP contribution in [0.5, 0.6) is 0 Å². The van der Waals surface area contributed by atoms with Crippen LogP contribution in [0.4, 0.5) is 0 Å². The summed E-state index contributed by atoms with van der Waals surface area (Å²) in [4.78, 5) is 0. The van der Waals surface area contributed by atoms with Crippen LogP contribution in [0, 0.1) is 12.3 Å². The van der Waals surface area contributed by atoms with E-state index in [1.54, 1.807) is 7.11 Å². The Morgan fingerprint density at radius 3 is 3.00 bits per heavy atom. The summed E-state index contributed by atoms with van der Waals surface area (Å²) in [5, 5.41) is 10.1. The highest BCUT2D eigenvalue weighted by Gasteiger charge is 2.38. The molecule has 2 unspecified atom stereocenters. The van der Waals surface area contributed by atoms with E-state index in [-0.39, 0.29) is 6.10 Å². The first-order chi connectivity index (χ1) is 5.73. The molecule has 1 fully saturated rings. The van der Waals surface area contributed by atoms with Crippen LogP contribution in [-0.2, 0) is 4.74 Å². The number of methoxy groups -OCH3 is 1. The van der Waals surface area contributed by atoms with Gasteiger partial charge in [0.05, 0.1) is 6.10 Å². The van der Waals surface area contributed by atoms with Gasteiger partial charge in [-0.3, -0.25) is 0 Å². The Morgan fingerprint density at radius 1 is 1.67 bits per heavy atom. The molecule has 2 nitrogen and oxygen atoms in total. The number of rotatable bonds is 2. The van der Waals surface area contributed by atoms with E-state index in [0.29, 0.717) is 6.42 Å². The Bertz CT molecular complexity index is 183. The third kappa shape index (κ3) is 1.80. The maximum atomic E-state index is 10.1. The van der Waals surface area contributed by atoms with Crippen molar-refractivity contribution in [2.45, 2.75) is 43.8 Å². The predicted molar refractivity (Wildman–Crippen MR) is 47.7 cm³/mol. The summed E-state index contributed by atoms with van der Waals surface area (Å²) in [7, 11) is 1.64. The minimum absolute atomic E-state index is 0.0673. The van der Waals surface area contributed by atoms with E-state index in [4.69, 9.17) is 11.2 Å². The molecule has 12 heavy (non-hydrogen) atoms. The van der Waals surface area contributed by atoms with Crippen molar-refractivity contribution in [3.63, 3.8) is 0 Å². The molecule has 1 rings (SSSR count). The van der Waals surface area contributed by atoms with Crippen molar-refractivity contribution in [1.29, 1.82) is 0 Å². The van der Waals surface area contributed by atoms with Gasteiger partial charge in [0.15, 0.2) is 0 Å². The van der Waals surface area contributed by atoms with E-state index in [1.165, 1.54) is 0 Å². The first kappa shape index (κ1) is 9.57. The fourth-order valence-electron chi connectivity index (χ4n) is 1.91. The molecule has 0 amide bonds. The normalized spacial score (nSPS) is 35.9. The van der Waals surface area contributed by atoms with Crippen molar-refractivity contribution in [3.05, 3.63) is 0 Å². The molecule has 2 atom stereocenters. The van der Waals surface area contributed by atoms with Gasteiger partial charge >= 0.3 is 0 Å². The highest BCUT2D eigenvalue weighted by molar-refractivity contribution is 5.01. The van der Waals surface area contributed by atoms with Gasteiger partial charge in [-0.25, -0.2) is 0 Å². The minimum atomic E-state index is -0.762. The van der Waals surface area contributed by atoms with Crippen LogP contribution in [0.1, 0.15) is 32.1 Å². The van der Waals surface area contributed by atoms with Crippen molar-refractivity contribution in [2.75, 3.05) is 7.11 Å². The van der Waals surface area contributed by atoms with Crippen LogP contribution in [0.3, 0.4) is 0 Å². The molecule has 0 aromatic rings. The molecular weight excluding hydrogens is 152 g/mol. The van der Waals surface area contributed by atoms with Crippen molar-refractivity contribution < 1.29 is 9.84 Å². The maximum absolute atomic E-state index is 10.1. The van der Waals surface area contributed by atoms with Gasteiger partial charge in [0.2, 0.25) is 0 Å². The lowest BCUT2D eigenvalue weighted by Crippen LogP contribution is -2.45. The van der Waals surface area contributed by atoms with E-state index >= 15 is 0 Å². The summed E-state index contributed by atoms with van der Waals surface area (Å²) in [6.45, 7) is 0. The second-order valence-corrected chi connectivity index (χ2v) is 3.45. The van der Waals surface area contributed by atoms with Gasteiger partial charge in [0.25, 0.3) is 0 Å². The Hall–Kier alpha value is -0.520. The zero-order chi connectivity index (χ0) is 9.03. The molecule has 0 saturated heterocycles. The Kier molecular flexibility index (Phi) is 3.13. The lowest BCUT2D eigenvalue weighted by atomic mass is 9.80. The largest absolute Gasteiger partial charge is 0.386 e. The maximum Gasteiger partial charge on any atom is 0.102 e. The van der Waals surface area contributed by atoms with Gasteiger partial charge in [-0.1, -0.05) is 12.8 Å². The molecule has 0 spiro atoms. The van der Waals surface area contributed by atoms with Crippen molar-refractivity contribution in [2.24, 2.45) is 0 Å². The molecule has 0 bridgehead atoms. The first-order valence-electron chi connectivity index (χ1n) is 4.41. The van der Waals surface area contributed by atoms with Crippen LogP contribution in [0.25, 0.3) is 0 Å². The van der Waals surface area contributed by atoms with Gasteiger partial charge in [0, 0.05) is 13.5 Å². The Balaban J connectivity index is 2.63.